The molecule has 0 spiro atoms. The van der Waals surface area contributed by atoms with Crippen LogP contribution in [-0.2, 0) is 5.41 Å². The summed E-state index contributed by atoms with van der Waals surface area (Å²) in [6, 6.07) is 85.5. The third-order valence-electron chi connectivity index (χ3n) is 13.4. The zero-order valence-electron chi connectivity index (χ0n) is 34.8. The SMILES string of the molecule is c1ccc(-c2ccc(N(c3ccc(-c4ccc5c(c4)oc4c5ccc5c6ccccc6oc54)cc3)c3ccc4c(c3)C(c3ccccc3)(c3ccccc3)c3ccccc3-4)cc2)cc1. The summed E-state index contributed by atoms with van der Waals surface area (Å²) in [4.78, 5) is 2.39. The van der Waals surface area contributed by atoms with Crippen LogP contribution in [0, 0.1) is 0 Å². The van der Waals surface area contributed by atoms with Crippen LogP contribution in [0.3, 0.4) is 0 Å². The molecule has 0 fully saturated rings. The molecule has 0 saturated carbocycles. The highest BCUT2D eigenvalue weighted by atomic mass is 16.4. The van der Waals surface area contributed by atoms with Crippen LogP contribution in [0.15, 0.2) is 245 Å². The van der Waals surface area contributed by atoms with Gasteiger partial charge in [0.2, 0.25) is 0 Å². The molecule has 10 aromatic carbocycles. The van der Waals surface area contributed by atoms with Crippen molar-refractivity contribution in [2.75, 3.05) is 4.90 Å². The van der Waals surface area contributed by atoms with Crippen LogP contribution in [0.25, 0.3) is 77.3 Å². The molecule has 0 amide bonds. The lowest BCUT2D eigenvalue weighted by atomic mass is 9.67. The molecule has 300 valence electrons. The molecular formula is C61H39NO2. The molecule has 2 heterocycles. The van der Waals surface area contributed by atoms with Crippen LogP contribution in [0.5, 0.6) is 0 Å². The van der Waals surface area contributed by atoms with Crippen molar-refractivity contribution in [1.29, 1.82) is 0 Å². The van der Waals surface area contributed by atoms with Gasteiger partial charge in [0.05, 0.1) is 5.41 Å². The number of hydrogen-bond donors (Lipinski definition) is 0. The Labute approximate surface area is 370 Å². The van der Waals surface area contributed by atoms with Gasteiger partial charge < -0.3 is 13.7 Å². The van der Waals surface area contributed by atoms with Gasteiger partial charge in [-0.2, -0.15) is 0 Å². The first kappa shape index (κ1) is 36.3. The average Bonchev–Trinajstić information content (AvgIpc) is 4.04. The molecule has 1 aliphatic rings. The second-order valence-electron chi connectivity index (χ2n) is 16.8. The van der Waals surface area contributed by atoms with Crippen molar-refractivity contribution in [1.82, 2.24) is 0 Å². The molecule has 3 nitrogen and oxygen atoms in total. The van der Waals surface area contributed by atoms with Crippen molar-refractivity contribution in [3.8, 4) is 33.4 Å². The van der Waals surface area contributed by atoms with Crippen molar-refractivity contribution in [3.05, 3.63) is 259 Å². The predicted octanol–water partition coefficient (Wildman–Crippen LogP) is 16.7. The number of fused-ring (bicyclic) bond motifs is 10. The van der Waals surface area contributed by atoms with Crippen molar-refractivity contribution in [3.63, 3.8) is 0 Å². The van der Waals surface area contributed by atoms with Crippen molar-refractivity contribution >= 4 is 60.9 Å². The van der Waals surface area contributed by atoms with Crippen LogP contribution >= 0.6 is 0 Å². The number of rotatable bonds is 7. The van der Waals surface area contributed by atoms with Gasteiger partial charge in [0.1, 0.15) is 11.2 Å². The van der Waals surface area contributed by atoms with Gasteiger partial charge in [-0.15, -0.1) is 0 Å². The Hall–Kier alpha value is -8.40. The van der Waals surface area contributed by atoms with E-state index < -0.39 is 5.41 Å². The minimum atomic E-state index is -0.511. The smallest absolute Gasteiger partial charge is 0.178 e. The molecule has 12 aromatic rings. The van der Waals surface area contributed by atoms with E-state index in [2.05, 4.69) is 223 Å². The summed E-state index contributed by atoms with van der Waals surface area (Å²) < 4.78 is 13.0. The Bertz CT molecular complexity index is 3660. The Balaban J connectivity index is 0.952. The Morgan fingerprint density at radius 3 is 1.44 bits per heavy atom. The van der Waals surface area contributed by atoms with Gasteiger partial charge in [0, 0.05) is 38.6 Å². The largest absolute Gasteiger partial charge is 0.452 e. The van der Waals surface area contributed by atoms with E-state index in [1.54, 1.807) is 0 Å². The molecule has 0 radical (unpaired) electrons. The number of para-hydroxylation sites is 1. The summed E-state index contributed by atoms with van der Waals surface area (Å²) in [5, 5.41) is 4.29. The summed E-state index contributed by atoms with van der Waals surface area (Å²) in [5.41, 5.74) is 18.1. The first-order valence-corrected chi connectivity index (χ1v) is 21.9. The van der Waals surface area contributed by atoms with E-state index in [1.165, 1.54) is 44.5 Å². The molecule has 0 N–H and O–H groups in total. The van der Waals surface area contributed by atoms with E-state index >= 15 is 0 Å². The number of nitrogens with zero attached hydrogens (tertiary/aromatic N) is 1. The maximum atomic E-state index is 6.62. The highest BCUT2D eigenvalue weighted by Gasteiger charge is 2.46. The average molecular weight is 818 g/mol. The first-order chi connectivity index (χ1) is 31.7. The molecule has 3 heteroatoms. The number of furan rings is 2. The van der Waals surface area contributed by atoms with Gasteiger partial charge in [-0.3, -0.25) is 0 Å². The fourth-order valence-corrected chi connectivity index (χ4v) is 10.5. The Morgan fingerprint density at radius 2 is 0.766 bits per heavy atom. The van der Waals surface area contributed by atoms with Crippen molar-refractivity contribution in [2.24, 2.45) is 0 Å². The Morgan fingerprint density at radius 1 is 0.297 bits per heavy atom. The van der Waals surface area contributed by atoms with E-state index in [-0.39, 0.29) is 0 Å². The quantitative estimate of drug-likeness (QED) is 0.160. The summed E-state index contributed by atoms with van der Waals surface area (Å²) >= 11 is 0. The maximum Gasteiger partial charge on any atom is 0.178 e. The molecule has 1 aliphatic carbocycles. The molecule has 0 saturated heterocycles. The number of benzene rings is 10. The van der Waals surface area contributed by atoms with E-state index in [0.29, 0.717) is 0 Å². The van der Waals surface area contributed by atoms with E-state index in [9.17, 15) is 0 Å². The lowest BCUT2D eigenvalue weighted by Crippen LogP contribution is -2.28. The van der Waals surface area contributed by atoms with Gasteiger partial charge in [-0.1, -0.05) is 170 Å². The summed E-state index contributed by atoms with van der Waals surface area (Å²) in [6.45, 7) is 0. The lowest BCUT2D eigenvalue weighted by molar-refractivity contribution is 0.633. The molecular weight excluding hydrogens is 779 g/mol. The van der Waals surface area contributed by atoms with Gasteiger partial charge in [-0.25, -0.2) is 0 Å². The van der Waals surface area contributed by atoms with Gasteiger partial charge in [-0.05, 0) is 122 Å². The summed E-state index contributed by atoms with van der Waals surface area (Å²) in [6.07, 6.45) is 0. The standard InChI is InChI=1S/C61H39NO2/c1-4-14-40(15-5-1)41-24-29-46(30-25-41)62(48-33-35-50-49-20-10-12-22-55(49)61(56(50)39-48,44-16-6-2-7-17-44)45-18-8-3-9-19-45)47-31-26-42(27-32-47)43-28-34-52-54-37-36-53-51-21-11-13-23-57(51)63-59(53)60(54)64-58(52)38-43/h1-39H. The van der Waals surface area contributed by atoms with Gasteiger partial charge >= 0.3 is 0 Å². The molecule has 2 aromatic heterocycles. The molecule has 0 unspecified atom stereocenters. The van der Waals surface area contributed by atoms with Crippen LogP contribution in [0.2, 0.25) is 0 Å². The first-order valence-electron chi connectivity index (χ1n) is 21.9. The normalized spacial score (nSPS) is 12.8. The van der Waals surface area contributed by atoms with Crippen LogP contribution in [0.1, 0.15) is 22.3 Å². The van der Waals surface area contributed by atoms with Crippen LogP contribution < -0.4 is 4.90 Å². The van der Waals surface area contributed by atoms with E-state index in [4.69, 9.17) is 8.83 Å². The summed E-state index contributed by atoms with van der Waals surface area (Å²) in [5.74, 6) is 0. The van der Waals surface area contributed by atoms with Crippen LogP contribution in [0.4, 0.5) is 17.1 Å². The second-order valence-corrected chi connectivity index (χ2v) is 16.8. The number of hydrogen-bond acceptors (Lipinski definition) is 3. The predicted molar refractivity (Wildman–Crippen MR) is 264 cm³/mol. The monoisotopic (exact) mass is 817 g/mol. The topological polar surface area (TPSA) is 29.5 Å². The fourth-order valence-electron chi connectivity index (χ4n) is 10.5. The van der Waals surface area contributed by atoms with Gasteiger partial charge in [0.15, 0.2) is 11.2 Å². The van der Waals surface area contributed by atoms with Crippen LogP contribution in [-0.4, -0.2) is 0 Å². The summed E-state index contributed by atoms with van der Waals surface area (Å²) in [7, 11) is 0. The van der Waals surface area contributed by atoms with Crippen molar-refractivity contribution in [2.45, 2.75) is 5.41 Å². The fraction of sp³-hybridized carbons (Fsp3) is 0.0164. The minimum Gasteiger partial charge on any atom is -0.452 e. The van der Waals surface area contributed by atoms with E-state index in [0.717, 1.165) is 72.1 Å². The zero-order valence-corrected chi connectivity index (χ0v) is 34.8. The molecule has 64 heavy (non-hydrogen) atoms. The van der Waals surface area contributed by atoms with Crippen molar-refractivity contribution < 1.29 is 8.83 Å². The molecule has 0 atom stereocenters. The third kappa shape index (κ3) is 5.47. The van der Waals surface area contributed by atoms with E-state index in [1.807, 2.05) is 18.2 Å². The molecule has 0 aliphatic heterocycles. The minimum absolute atomic E-state index is 0.511. The number of anilines is 3. The highest BCUT2D eigenvalue weighted by Crippen LogP contribution is 2.57. The third-order valence-corrected chi connectivity index (χ3v) is 13.4. The van der Waals surface area contributed by atoms with Gasteiger partial charge in [0.25, 0.3) is 0 Å². The maximum absolute atomic E-state index is 6.62. The lowest BCUT2D eigenvalue weighted by Gasteiger charge is -2.35. The second kappa shape index (κ2) is 14.3. The highest BCUT2D eigenvalue weighted by molar-refractivity contribution is 6.19. The molecule has 13 rings (SSSR count). The zero-order chi connectivity index (χ0) is 42.2. The molecule has 0 bridgehead atoms. The Kier molecular flexibility index (Phi) is 8.13.